The maximum atomic E-state index is 12.9. The molecule has 184 valence electrons. The largest absolute Gasteiger partial charge is 0.481 e. The van der Waals surface area contributed by atoms with Gasteiger partial charge in [-0.05, 0) is 48.4 Å². The number of aryl methyl sites for hydroxylation is 2. The summed E-state index contributed by atoms with van der Waals surface area (Å²) < 4.78 is 31.3. The fourth-order valence-corrected chi connectivity index (χ4v) is 6.01. The Morgan fingerprint density at radius 1 is 0.917 bits per heavy atom. The molecule has 0 bridgehead atoms. The lowest BCUT2D eigenvalue weighted by molar-refractivity contribution is -0.140. The lowest BCUT2D eigenvalue weighted by atomic mass is 9.93. The van der Waals surface area contributed by atoms with Gasteiger partial charge in [0.15, 0.2) is 15.6 Å². The van der Waals surface area contributed by atoms with Crippen molar-refractivity contribution in [1.29, 1.82) is 0 Å². The molecule has 1 aliphatic carbocycles. The fourth-order valence-electron chi connectivity index (χ4n) is 4.54. The molecule has 1 aromatic heterocycles. The molecule has 0 amide bonds. The van der Waals surface area contributed by atoms with Crippen LogP contribution in [0, 0.1) is 6.92 Å². The van der Waals surface area contributed by atoms with E-state index in [1.807, 2.05) is 78.9 Å². The molecule has 1 heterocycles. The van der Waals surface area contributed by atoms with Gasteiger partial charge in [0, 0.05) is 11.1 Å². The quantitative estimate of drug-likeness (QED) is 0.321. The van der Waals surface area contributed by atoms with E-state index in [4.69, 9.17) is 4.52 Å². The molecule has 7 heteroatoms. The summed E-state index contributed by atoms with van der Waals surface area (Å²) >= 11 is 0. The van der Waals surface area contributed by atoms with Crippen molar-refractivity contribution in [3.05, 3.63) is 101 Å². The second-order valence-electron chi connectivity index (χ2n) is 9.45. The van der Waals surface area contributed by atoms with Crippen LogP contribution in [0.3, 0.4) is 0 Å². The Hall–Kier alpha value is -3.71. The van der Waals surface area contributed by atoms with Crippen LogP contribution >= 0.6 is 0 Å². The standard InChI is InChI=1S/C29H27NO5S/c1-20-26(19-36(33,34)18-15-21-5-3-2-4-6-21)27(35-30-20)24-9-7-22(8-10-24)23-11-13-25(14-12-23)29(16-17-29)28(31)32/h2-14H,15-19H2,1H3,(H,31,32). The lowest BCUT2D eigenvalue weighted by Gasteiger charge is -2.11. The molecule has 0 atom stereocenters. The Bertz CT molecular complexity index is 1480. The maximum Gasteiger partial charge on any atom is 0.314 e. The highest BCUT2D eigenvalue weighted by atomic mass is 32.2. The van der Waals surface area contributed by atoms with Crippen LogP contribution in [0.25, 0.3) is 22.5 Å². The van der Waals surface area contributed by atoms with Gasteiger partial charge < -0.3 is 9.63 Å². The molecule has 0 spiro atoms. The number of carboxylic acid groups (broad SMARTS) is 1. The second kappa shape index (κ2) is 9.39. The van der Waals surface area contributed by atoms with Gasteiger partial charge in [-0.1, -0.05) is 84.0 Å². The van der Waals surface area contributed by atoms with Gasteiger partial charge in [0.2, 0.25) is 0 Å². The van der Waals surface area contributed by atoms with Crippen molar-refractivity contribution < 1.29 is 22.8 Å². The van der Waals surface area contributed by atoms with Crippen molar-refractivity contribution in [2.45, 2.75) is 37.4 Å². The molecule has 1 N–H and O–H groups in total. The molecule has 5 rings (SSSR count). The first-order valence-corrected chi connectivity index (χ1v) is 13.7. The highest BCUT2D eigenvalue weighted by Gasteiger charge is 2.51. The SMILES string of the molecule is Cc1noc(-c2ccc(-c3ccc(C4(C(=O)O)CC4)cc3)cc2)c1CS(=O)(=O)CCc1ccccc1. The Morgan fingerprint density at radius 2 is 1.50 bits per heavy atom. The van der Waals surface area contributed by atoms with E-state index < -0.39 is 21.2 Å². The number of hydrogen-bond acceptors (Lipinski definition) is 5. The van der Waals surface area contributed by atoms with E-state index in [1.165, 1.54) is 0 Å². The predicted octanol–water partition coefficient (Wildman–Crippen LogP) is 5.59. The maximum absolute atomic E-state index is 12.9. The minimum absolute atomic E-state index is 0.0547. The average Bonchev–Trinajstić information content (AvgIpc) is 3.63. The van der Waals surface area contributed by atoms with E-state index in [-0.39, 0.29) is 11.5 Å². The van der Waals surface area contributed by atoms with Gasteiger partial charge in [-0.25, -0.2) is 8.42 Å². The number of sulfone groups is 1. The van der Waals surface area contributed by atoms with E-state index in [1.54, 1.807) is 6.92 Å². The van der Waals surface area contributed by atoms with Gasteiger partial charge in [0.05, 0.1) is 22.6 Å². The second-order valence-corrected chi connectivity index (χ2v) is 11.6. The van der Waals surface area contributed by atoms with Crippen LogP contribution < -0.4 is 0 Å². The minimum Gasteiger partial charge on any atom is -0.481 e. The molecule has 3 aromatic carbocycles. The molecule has 0 radical (unpaired) electrons. The van der Waals surface area contributed by atoms with Crippen LogP contribution in [0.15, 0.2) is 83.4 Å². The molecular formula is C29H27NO5S. The first kappa shape index (κ1) is 24.0. The monoisotopic (exact) mass is 501 g/mol. The van der Waals surface area contributed by atoms with Crippen LogP contribution in [0.1, 0.15) is 35.2 Å². The Morgan fingerprint density at radius 3 is 2.08 bits per heavy atom. The molecule has 4 aromatic rings. The molecule has 36 heavy (non-hydrogen) atoms. The zero-order chi connectivity index (χ0) is 25.3. The average molecular weight is 502 g/mol. The fraction of sp³-hybridized carbons (Fsp3) is 0.241. The van der Waals surface area contributed by atoms with Crippen molar-refractivity contribution in [2.75, 3.05) is 5.75 Å². The third-order valence-corrected chi connectivity index (χ3v) is 8.53. The number of aromatic nitrogens is 1. The highest BCUT2D eigenvalue weighted by molar-refractivity contribution is 7.90. The molecule has 0 unspecified atom stereocenters. The third-order valence-electron chi connectivity index (χ3n) is 6.97. The molecule has 6 nitrogen and oxygen atoms in total. The summed E-state index contributed by atoms with van der Waals surface area (Å²) in [6.07, 6.45) is 1.82. The van der Waals surface area contributed by atoms with Crippen LogP contribution in [0.5, 0.6) is 0 Å². The zero-order valence-electron chi connectivity index (χ0n) is 20.0. The smallest absolute Gasteiger partial charge is 0.314 e. The summed E-state index contributed by atoms with van der Waals surface area (Å²) in [6.45, 7) is 1.76. The molecule has 1 fully saturated rings. The topological polar surface area (TPSA) is 97.5 Å². The van der Waals surface area contributed by atoms with E-state index >= 15 is 0 Å². The van der Waals surface area contributed by atoms with E-state index in [2.05, 4.69) is 5.16 Å². The van der Waals surface area contributed by atoms with Crippen LogP contribution in [-0.4, -0.2) is 30.4 Å². The molecule has 1 saturated carbocycles. The van der Waals surface area contributed by atoms with Crippen molar-refractivity contribution in [1.82, 2.24) is 5.16 Å². The Labute approximate surface area is 210 Å². The van der Waals surface area contributed by atoms with Gasteiger partial charge >= 0.3 is 5.97 Å². The number of carboxylic acids is 1. The Kier molecular flexibility index (Phi) is 6.26. The third kappa shape index (κ3) is 4.84. The van der Waals surface area contributed by atoms with Gasteiger partial charge in [-0.2, -0.15) is 0 Å². The van der Waals surface area contributed by atoms with Gasteiger partial charge in [-0.3, -0.25) is 4.79 Å². The summed E-state index contributed by atoms with van der Waals surface area (Å²) in [4.78, 5) is 11.6. The predicted molar refractivity (Wildman–Crippen MR) is 138 cm³/mol. The number of aliphatic carboxylic acids is 1. The van der Waals surface area contributed by atoms with Crippen molar-refractivity contribution >= 4 is 15.8 Å². The van der Waals surface area contributed by atoms with E-state index in [9.17, 15) is 18.3 Å². The summed E-state index contributed by atoms with van der Waals surface area (Å²) in [7, 11) is -3.37. The van der Waals surface area contributed by atoms with E-state index in [0.717, 1.165) is 27.8 Å². The summed E-state index contributed by atoms with van der Waals surface area (Å²) in [6, 6.07) is 24.9. The van der Waals surface area contributed by atoms with Crippen LogP contribution in [-0.2, 0) is 32.2 Å². The lowest BCUT2D eigenvalue weighted by Crippen LogP contribution is -2.19. The zero-order valence-corrected chi connectivity index (χ0v) is 20.8. The summed E-state index contributed by atoms with van der Waals surface area (Å²) in [5.41, 5.74) is 4.97. The normalized spacial score (nSPS) is 14.5. The van der Waals surface area contributed by atoms with Crippen molar-refractivity contribution in [3.8, 4) is 22.5 Å². The number of nitrogens with zero attached hydrogens (tertiary/aromatic N) is 1. The number of rotatable bonds is 9. The molecule has 0 saturated heterocycles. The molecule has 0 aliphatic heterocycles. The summed E-state index contributed by atoms with van der Waals surface area (Å²) in [5, 5.41) is 13.5. The number of hydrogen-bond donors (Lipinski definition) is 1. The molecule has 1 aliphatic rings. The Balaban J connectivity index is 1.32. The van der Waals surface area contributed by atoms with Crippen LogP contribution in [0.4, 0.5) is 0 Å². The highest BCUT2D eigenvalue weighted by Crippen LogP contribution is 2.48. The van der Waals surface area contributed by atoms with Gasteiger partial charge in [-0.15, -0.1) is 0 Å². The van der Waals surface area contributed by atoms with Gasteiger partial charge in [0.1, 0.15) is 0 Å². The molecular weight excluding hydrogens is 474 g/mol. The number of carbonyl (C=O) groups is 1. The first-order chi connectivity index (χ1) is 17.3. The van der Waals surface area contributed by atoms with Crippen molar-refractivity contribution in [2.24, 2.45) is 0 Å². The summed E-state index contributed by atoms with van der Waals surface area (Å²) in [5.74, 6) is -0.368. The van der Waals surface area contributed by atoms with Crippen LogP contribution in [0.2, 0.25) is 0 Å². The van der Waals surface area contributed by atoms with E-state index in [0.29, 0.717) is 36.3 Å². The minimum atomic E-state index is -3.37. The van der Waals surface area contributed by atoms with Crippen molar-refractivity contribution in [3.63, 3.8) is 0 Å². The van der Waals surface area contributed by atoms with Gasteiger partial charge in [0.25, 0.3) is 0 Å². The first-order valence-electron chi connectivity index (χ1n) is 11.9. The number of benzene rings is 3.